The molecule has 2 aromatic heterocycles. The van der Waals surface area contributed by atoms with E-state index < -0.39 is 0 Å². The van der Waals surface area contributed by atoms with Crippen molar-refractivity contribution in [2.45, 2.75) is 51.6 Å². The first-order chi connectivity index (χ1) is 30.6. The number of likely N-dealkylation sites (tertiary alicyclic amines) is 6. The monoisotopic (exact) mass is 918 g/mol. The first-order valence-electron chi connectivity index (χ1n) is 22.4. The minimum absolute atomic E-state index is 0.0211. The third-order valence-electron chi connectivity index (χ3n) is 13.4. The third kappa shape index (κ3) is 11.3. The zero-order valence-corrected chi connectivity index (χ0v) is 37.9. The van der Waals surface area contributed by atoms with Crippen LogP contribution in [0.2, 0.25) is 10.0 Å². The van der Waals surface area contributed by atoms with Gasteiger partial charge in [0.25, 0.3) is 11.8 Å². The minimum Gasteiger partial charge on any atom is -0.339 e. The van der Waals surface area contributed by atoms with Crippen LogP contribution in [0.4, 0.5) is 9.59 Å². The number of amides is 4. The number of rotatable bonds is 6. The normalized spacial score (nSPS) is 23.4. The van der Waals surface area contributed by atoms with Crippen molar-refractivity contribution < 1.29 is 19.2 Å². The fourth-order valence-electron chi connectivity index (χ4n) is 10.1. The highest BCUT2D eigenvalue weighted by Gasteiger charge is 2.43. The number of nitrogens with one attached hydrogen (secondary N) is 1. The fraction of sp³-hybridized carbons (Fsp3) is 0.522. The Morgan fingerprint density at radius 3 is 1.48 bits per heavy atom. The van der Waals surface area contributed by atoms with Crippen molar-refractivity contribution in [2.75, 3.05) is 78.5 Å². The molecule has 0 spiro atoms. The summed E-state index contributed by atoms with van der Waals surface area (Å²) in [6.07, 6.45) is 13.1. The third-order valence-corrected chi connectivity index (χ3v) is 14.4. The van der Waals surface area contributed by atoms with Gasteiger partial charge < -0.3 is 19.6 Å². The van der Waals surface area contributed by atoms with Gasteiger partial charge in [-0.25, -0.2) is 4.79 Å². The van der Waals surface area contributed by atoms with Crippen LogP contribution in [0.5, 0.6) is 0 Å². The van der Waals surface area contributed by atoms with E-state index in [9.17, 15) is 19.2 Å². The number of H-pyrrole nitrogens is 1. The summed E-state index contributed by atoms with van der Waals surface area (Å²) in [4.78, 5) is 60.8. The van der Waals surface area contributed by atoms with Gasteiger partial charge >= 0.3 is 11.4 Å². The van der Waals surface area contributed by atoms with E-state index >= 15 is 0 Å². The Balaban J connectivity index is 0.000000144. The average Bonchev–Trinajstić information content (AvgIpc) is 4.16. The predicted octanol–water partition coefficient (Wildman–Crippen LogP) is 7.29. The van der Waals surface area contributed by atoms with E-state index in [-0.39, 0.29) is 23.2 Å². The summed E-state index contributed by atoms with van der Waals surface area (Å²) in [5, 5.41) is 11.9. The summed E-state index contributed by atoms with van der Waals surface area (Å²) in [5.74, 6) is 2.14. The van der Waals surface area contributed by atoms with Crippen LogP contribution >= 0.6 is 34.8 Å². The fourth-order valence-corrected chi connectivity index (χ4v) is 10.6. The van der Waals surface area contributed by atoms with Gasteiger partial charge in [0.05, 0.1) is 23.5 Å². The molecule has 4 unspecified atom stereocenters. The molecule has 14 nitrogen and oxygen atoms in total. The lowest BCUT2D eigenvalue weighted by Gasteiger charge is -2.26. The molecule has 63 heavy (non-hydrogen) atoms. The molecule has 6 aliphatic heterocycles. The molecular formula is C46H57Cl3N10O4. The van der Waals surface area contributed by atoms with Gasteiger partial charge in [-0.05, 0) is 97.1 Å². The topological polar surface area (TPSA) is 134 Å². The Morgan fingerprint density at radius 1 is 0.571 bits per heavy atom. The molecule has 6 fully saturated rings. The maximum Gasteiger partial charge on any atom is 0.344 e. The second-order valence-corrected chi connectivity index (χ2v) is 19.0. The number of aromatic nitrogens is 4. The van der Waals surface area contributed by atoms with Gasteiger partial charge in [0.2, 0.25) is 0 Å². The van der Waals surface area contributed by atoms with Gasteiger partial charge in [-0.15, -0.1) is 0 Å². The van der Waals surface area contributed by atoms with Crippen molar-refractivity contribution in [2.24, 2.45) is 23.7 Å². The standard InChI is InChI=1S/C23H28ClN5O2.C14H16Cl2N2O.C9H13N3O/c24-21-7-3-2-6-17(21)11-26-12-19-14-28(15-20(19)13-26)23(31)29-16-18(10-25-29)22(30)27-8-4-1-5-9-27;15-13-4-2-1-3-10(13)5-17-6-11-8-18(14(16)19)9-12(11)7-17;13-9(8-6-10-11-7-8)12-4-2-1-3-5-12/h2-3,6-7,10,16,19-20H,1,4-5,8-9,11-15H2;1-4,11-12H,5-9H2;6-7H,1-5H2,(H,10,11). The van der Waals surface area contributed by atoms with Crippen LogP contribution in [-0.4, -0.2) is 151 Å². The van der Waals surface area contributed by atoms with Crippen LogP contribution in [0.25, 0.3) is 0 Å². The van der Waals surface area contributed by atoms with Crippen LogP contribution in [0, 0.1) is 23.7 Å². The number of hydrogen-bond donors (Lipinski definition) is 1. The van der Waals surface area contributed by atoms with E-state index in [1.165, 1.54) is 29.3 Å². The second kappa shape index (κ2) is 21.0. The van der Waals surface area contributed by atoms with Crippen LogP contribution in [0.15, 0.2) is 73.3 Å². The lowest BCUT2D eigenvalue weighted by Crippen LogP contribution is -2.36. The summed E-state index contributed by atoms with van der Waals surface area (Å²) in [6.45, 7) is 12.2. The van der Waals surface area contributed by atoms with Crippen molar-refractivity contribution in [1.82, 2.24) is 49.4 Å². The minimum atomic E-state index is -0.313. The zero-order valence-electron chi connectivity index (χ0n) is 35.7. The smallest absolute Gasteiger partial charge is 0.339 e. The van der Waals surface area contributed by atoms with Crippen LogP contribution in [-0.2, 0) is 13.1 Å². The van der Waals surface area contributed by atoms with E-state index in [1.807, 2.05) is 51.1 Å². The van der Waals surface area contributed by atoms with Gasteiger partial charge in [0.1, 0.15) is 0 Å². The summed E-state index contributed by atoms with van der Waals surface area (Å²) in [7, 11) is 0. The Kier molecular flexibility index (Phi) is 15.0. The van der Waals surface area contributed by atoms with Crippen LogP contribution < -0.4 is 0 Å². The number of nitrogens with zero attached hydrogens (tertiary/aromatic N) is 9. The molecule has 10 rings (SSSR count). The number of fused-ring (bicyclic) bond motifs is 2. The van der Waals surface area contributed by atoms with E-state index in [4.69, 9.17) is 34.8 Å². The second-order valence-electron chi connectivity index (χ2n) is 17.8. The predicted molar refractivity (Wildman–Crippen MR) is 243 cm³/mol. The van der Waals surface area contributed by atoms with Gasteiger partial charge in [-0.1, -0.05) is 59.6 Å². The van der Waals surface area contributed by atoms with Gasteiger partial charge in [0, 0.05) is 114 Å². The van der Waals surface area contributed by atoms with E-state index in [0.29, 0.717) is 34.8 Å². The molecule has 336 valence electrons. The number of hydrogen-bond acceptors (Lipinski definition) is 8. The molecule has 0 bridgehead atoms. The van der Waals surface area contributed by atoms with Gasteiger partial charge in [-0.2, -0.15) is 14.9 Å². The SMILES string of the molecule is O=C(Cl)N1CC2CN(Cc3ccccc3Cl)CC2C1.O=C(c1cn[nH]c1)N1CCCCC1.O=C(c1cnn(C(=O)N2CC3CN(Cc4ccccc4Cl)CC3C2)c1)N1CCCCC1. The quantitative estimate of drug-likeness (QED) is 0.158. The molecule has 2 aromatic carbocycles. The molecule has 0 radical (unpaired) electrons. The maximum atomic E-state index is 13.0. The van der Waals surface area contributed by atoms with Gasteiger partial charge in [0.15, 0.2) is 0 Å². The molecule has 8 heterocycles. The highest BCUT2D eigenvalue weighted by Crippen LogP contribution is 2.34. The van der Waals surface area contributed by atoms with Crippen molar-refractivity contribution in [3.8, 4) is 0 Å². The molecular weight excluding hydrogens is 863 g/mol. The Morgan fingerprint density at radius 2 is 1.03 bits per heavy atom. The summed E-state index contributed by atoms with van der Waals surface area (Å²) < 4.78 is 1.33. The highest BCUT2D eigenvalue weighted by molar-refractivity contribution is 6.62. The molecule has 17 heteroatoms. The molecule has 4 aromatic rings. The molecule has 1 N–H and O–H groups in total. The highest BCUT2D eigenvalue weighted by atomic mass is 35.5. The summed E-state index contributed by atoms with van der Waals surface area (Å²) in [5.41, 5.74) is 3.50. The number of halogens is 3. The Hall–Kier alpha value is -4.47. The number of carbonyl (C=O) groups excluding carboxylic acids is 4. The van der Waals surface area contributed by atoms with E-state index in [1.54, 1.807) is 23.5 Å². The summed E-state index contributed by atoms with van der Waals surface area (Å²) >= 11 is 18.0. The first kappa shape index (κ1) is 45.1. The zero-order chi connectivity index (χ0) is 43.9. The van der Waals surface area contributed by atoms with Crippen molar-refractivity contribution in [1.29, 1.82) is 0 Å². The Labute approximate surface area is 384 Å². The van der Waals surface area contributed by atoms with E-state index in [2.05, 4.69) is 37.2 Å². The molecule has 4 atom stereocenters. The molecule has 0 aliphatic carbocycles. The largest absolute Gasteiger partial charge is 0.344 e. The number of carbonyl (C=O) groups is 4. The van der Waals surface area contributed by atoms with Crippen molar-refractivity contribution in [3.63, 3.8) is 0 Å². The maximum absolute atomic E-state index is 13.0. The number of benzene rings is 2. The van der Waals surface area contributed by atoms with E-state index in [0.717, 1.165) is 133 Å². The van der Waals surface area contributed by atoms with Crippen molar-refractivity contribution >= 4 is 58.0 Å². The first-order valence-corrected chi connectivity index (χ1v) is 23.5. The van der Waals surface area contributed by atoms with Crippen LogP contribution in [0.3, 0.4) is 0 Å². The average molecular weight is 920 g/mol. The van der Waals surface area contributed by atoms with Crippen LogP contribution in [0.1, 0.15) is 70.4 Å². The molecule has 6 aliphatic rings. The van der Waals surface area contributed by atoms with Crippen molar-refractivity contribution in [3.05, 3.63) is 106 Å². The lowest BCUT2D eigenvalue weighted by atomic mass is 10.0. The lowest BCUT2D eigenvalue weighted by molar-refractivity contribution is 0.0717. The number of piperidine rings is 2. The summed E-state index contributed by atoms with van der Waals surface area (Å²) in [6, 6.07) is 15.8. The molecule has 4 amide bonds. The number of aromatic amines is 1. The Bertz CT molecular complexity index is 2160. The van der Waals surface area contributed by atoms with Gasteiger partial charge in [-0.3, -0.25) is 29.3 Å². The molecule has 0 saturated carbocycles. The molecule has 6 saturated heterocycles.